The summed E-state index contributed by atoms with van der Waals surface area (Å²) in [4.78, 5) is 12.3. The van der Waals surface area contributed by atoms with Crippen LogP contribution in [0.15, 0.2) is 0 Å². The zero-order valence-corrected chi connectivity index (χ0v) is 13.3. The fourth-order valence-electron chi connectivity index (χ4n) is 1.95. The maximum Gasteiger partial charge on any atom is 0.223 e. The molecule has 3 nitrogen and oxygen atoms in total. The number of hydrogen-bond donors (Lipinski definition) is 2. The van der Waals surface area contributed by atoms with Gasteiger partial charge in [0.25, 0.3) is 0 Å². The minimum absolute atomic E-state index is 0.00824. The summed E-state index contributed by atoms with van der Waals surface area (Å²) in [6.07, 6.45) is 1.73. The van der Waals surface area contributed by atoms with E-state index in [1.54, 1.807) is 0 Å². The number of amides is 1. The summed E-state index contributed by atoms with van der Waals surface area (Å²) in [6, 6.07) is 0.140. The van der Waals surface area contributed by atoms with E-state index in [0.717, 1.165) is 12.8 Å². The molecule has 0 bridgehead atoms. The van der Waals surface area contributed by atoms with Crippen molar-refractivity contribution in [3.63, 3.8) is 0 Å². The Hall–Kier alpha value is -0.570. The SMILES string of the molecule is CC(N)CCNC(=O)C(CC(C)(C)C)C(C)(C)C. The highest BCUT2D eigenvalue weighted by atomic mass is 16.1. The molecule has 2 atom stereocenters. The second kappa shape index (κ2) is 6.55. The van der Waals surface area contributed by atoms with Crippen LogP contribution in [0.5, 0.6) is 0 Å². The maximum absolute atomic E-state index is 12.3. The molecule has 18 heavy (non-hydrogen) atoms. The maximum atomic E-state index is 12.3. The third-order valence-electron chi connectivity index (χ3n) is 3.08. The van der Waals surface area contributed by atoms with E-state index in [1.165, 1.54) is 0 Å². The van der Waals surface area contributed by atoms with Gasteiger partial charge in [0.15, 0.2) is 0 Å². The van der Waals surface area contributed by atoms with Gasteiger partial charge >= 0.3 is 0 Å². The molecular formula is C15H32N2O. The molecule has 0 aromatic rings. The lowest BCUT2D eigenvalue weighted by molar-refractivity contribution is -0.129. The van der Waals surface area contributed by atoms with Crippen molar-refractivity contribution < 1.29 is 4.79 Å². The molecule has 1 amide bonds. The summed E-state index contributed by atoms with van der Waals surface area (Å²) in [5.41, 5.74) is 5.85. The number of carbonyl (C=O) groups excluding carboxylic acids is 1. The smallest absolute Gasteiger partial charge is 0.223 e. The molecule has 3 N–H and O–H groups in total. The van der Waals surface area contributed by atoms with Crippen LogP contribution in [0.2, 0.25) is 0 Å². The van der Waals surface area contributed by atoms with Crippen molar-refractivity contribution in [1.29, 1.82) is 0 Å². The van der Waals surface area contributed by atoms with Crippen LogP contribution in [0.4, 0.5) is 0 Å². The van der Waals surface area contributed by atoms with Crippen LogP contribution >= 0.6 is 0 Å². The largest absolute Gasteiger partial charge is 0.356 e. The molecule has 0 aliphatic rings. The van der Waals surface area contributed by atoms with Crippen molar-refractivity contribution in [2.45, 2.75) is 67.3 Å². The van der Waals surface area contributed by atoms with E-state index in [4.69, 9.17) is 5.73 Å². The van der Waals surface area contributed by atoms with Crippen LogP contribution in [0.1, 0.15) is 61.3 Å². The lowest BCUT2D eigenvalue weighted by Crippen LogP contribution is -2.41. The van der Waals surface area contributed by atoms with Gasteiger partial charge in [0, 0.05) is 18.5 Å². The van der Waals surface area contributed by atoms with Gasteiger partial charge in [-0.2, -0.15) is 0 Å². The highest BCUT2D eigenvalue weighted by Crippen LogP contribution is 2.36. The van der Waals surface area contributed by atoms with Crippen LogP contribution in [-0.4, -0.2) is 18.5 Å². The lowest BCUT2D eigenvalue weighted by atomic mass is 9.71. The molecule has 0 aromatic carbocycles. The summed E-state index contributed by atoms with van der Waals surface area (Å²) in [6.45, 7) is 15.6. The molecule has 0 heterocycles. The minimum Gasteiger partial charge on any atom is -0.356 e. The van der Waals surface area contributed by atoms with Gasteiger partial charge in [-0.05, 0) is 30.6 Å². The van der Waals surface area contributed by atoms with E-state index in [-0.39, 0.29) is 28.7 Å². The van der Waals surface area contributed by atoms with E-state index in [2.05, 4.69) is 46.9 Å². The Labute approximate surface area is 113 Å². The summed E-state index contributed by atoms with van der Waals surface area (Å²) < 4.78 is 0. The summed E-state index contributed by atoms with van der Waals surface area (Å²) in [7, 11) is 0. The Morgan fingerprint density at radius 2 is 1.67 bits per heavy atom. The number of carbonyl (C=O) groups is 1. The van der Waals surface area contributed by atoms with Crippen LogP contribution in [-0.2, 0) is 4.79 Å². The second-order valence-corrected chi connectivity index (χ2v) is 7.74. The van der Waals surface area contributed by atoms with Gasteiger partial charge in [0.2, 0.25) is 5.91 Å². The fourth-order valence-corrected chi connectivity index (χ4v) is 1.95. The zero-order chi connectivity index (χ0) is 14.6. The van der Waals surface area contributed by atoms with Crippen LogP contribution in [0.25, 0.3) is 0 Å². The molecule has 0 saturated heterocycles. The summed E-state index contributed by atoms with van der Waals surface area (Å²) >= 11 is 0. The predicted octanol–water partition coefficient (Wildman–Crippen LogP) is 2.94. The second-order valence-electron chi connectivity index (χ2n) is 7.74. The first-order valence-electron chi connectivity index (χ1n) is 6.97. The Kier molecular flexibility index (Phi) is 6.35. The molecule has 0 aliphatic carbocycles. The van der Waals surface area contributed by atoms with Crippen LogP contribution < -0.4 is 11.1 Å². The standard InChI is InChI=1S/C15H32N2O/c1-11(16)8-9-17-13(18)12(15(5,6)7)10-14(2,3)4/h11-12H,8-10,16H2,1-7H3,(H,17,18). The average molecular weight is 256 g/mol. The number of hydrogen-bond acceptors (Lipinski definition) is 2. The van der Waals surface area contributed by atoms with E-state index < -0.39 is 0 Å². The first-order chi connectivity index (χ1) is 7.93. The summed E-state index contributed by atoms with van der Waals surface area (Å²) in [5, 5.41) is 3.02. The molecule has 0 spiro atoms. The van der Waals surface area contributed by atoms with Gasteiger partial charge < -0.3 is 11.1 Å². The van der Waals surface area contributed by atoms with E-state index in [1.807, 2.05) is 6.92 Å². The van der Waals surface area contributed by atoms with Crippen molar-refractivity contribution in [3.05, 3.63) is 0 Å². The van der Waals surface area contributed by atoms with Gasteiger partial charge in [0.1, 0.15) is 0 Å². The number of rotatable bonds is 5. The minimum atomic E-state index is -0.00824. The van der Waals surface area contributed by atoms with Crippen LogP contribution in [0, 0.1) is 16.7 Å². The van der Waals surface area contributed by atoms with Gasteiger partial charge in [0.05, 0.1) is 0 Å². The molecular weight excluding hydrogens is 224 g/mol. The van der Waals surface area contributed by atoms with Gasteiger partial charge in [-0.3, -0.25) is 4.79 Å². The molecule has 0 aromatic heterocycles. The Bertz CT molecular complexity index is 259. The van der Waals surface area contributed by atoms with Crippen molar-refractivity contribution in [1.82, 2.24) is 5.32 Å². The van der Waals surface area contributed by atoms with Crippen LogP contribution in [0.3, 0.4) is 0 Å². The van der Waals surface area contributed by atoms with Crippen molar-refractivity contribution in [3.8, 4) is 0 Å². The molecule has 0 rings (SSSR count). The van der Waals surface area contributed by atoms with E-state index >= 15 is 0 Å². The molecule has 0 radical (unpaired) electrons. The topological polar surface area (TPSA) is 55.1 Å². The van der Waals surface area contributed by atoms with Gasteiger partial charge in [-0.1, -0.05) is 41.5 Å². The highest BCUT2D eigenvalue weighted by Gasteiger charge is 2.34. The monoisotopic (exact) mass is 256 g/mol. The third-order valence-corrected chi connectivity index (χ3v) is 3.08. The third kappa shape index (κ3) is 7.70. The molecule has 0 saturated carbocycles. The Balaban J connectivity index is 4.53. The normalized spacial score (nSPS) is 16.2. The molecule has 108 valence electrons. The van der Waals surface area contributed by atoms with Crippen molar-refractivity contribution in [2.24, 2.45) is 22.5 Å². The quantitative estimate of drug-likeness (QED) is 0.794. The van der Waals surface area contributed by atoms with E-state index in [0.29, 0.717) is 6.54 Å². The van der Waals surface area contributed by atoms with Crippen molar-refractivity contribution in [2.75, 3.05) is 6.54 Å². The highest BCUT2D eigenvalue weighted by molar-refractivity contribution is 5.79. The first kappa shape index (κ1) is 17.4. The number of nitrogens with two attached hydrogens (primary N) is 1. The van der Waals surface area contributed by atoms with E-state index in [9.17, 15) is 4.79 Å². The lowest BCUT2D eigenvalue weighted by Gasteiger charge is -2.34. The molecule has 0 aliphatic heterocycles. The average Bonchev–Trinajstić information content (AvgIpc) is 2.10. The van der Waals surface area contributed by atoms with Gasteiger partial charge in [-0.25, -0.2) is 0 Å². The number of nitrogens with one attached hydrogen (secondary N) is 1. The predicted molar refractivity (Wildman–Crippen MR) is 78.3 cm³/mol. The summed E-state index contributed by atoms with van der Waals surface area (Å²) in [5.74, 6) is 0.212. The molecule has 0 fully saturated rings. The fraction of sp³-hybridized carbons (Fsp3) is 0.933. The molecule has 3 heteroatoms. The first-order valence-corrected chi connectivity index (χ1v) is 6.97. The zero-order valence-electron chi connectivity index (χ0n) is 13.3. The Morgan fingerprint density at radius 1 is 1.17 bits per heavy atom. The molecule has 2 unspecified atom stereocenters. The Morgan fingerprint density at radius 3 is 2.00 bits per heavy atom. The van der Waals surface area contributed by atoms with Crippen molar-refractivity contribution >= 4 is 5.91 Å². The van der Waals surface area contributed by atoms with Gasteiger partial charge in [-0.15, -0.1) is 0 Å².